The largest absolute Gasteiger partial charge is 0.519 e. The van der Waals surface area contributed by atoms with Gasteiger partial charge in [-0.3, -0.25) is 14.4 Å². The first-order valence-electron chi connectivity index (χ1n) is 11.2. The third-order valence-electron chi connectivity index (χ3n) is 5.77. The van der Waals surface area contributed by atoms with Crippen molar-refractivity contribution in [3.05, 3.63) is 77.9 Å². The van der Waals surface area contributed by atoms with Gasteiger partial charge in [0.2, 0.25) is 5.91 Å². The van der Waals surface area contributed by atoms with E-state index in [0.717, 1.165) is 39.6 Å². The fourth-order valence-corrected chi connectivity index (χ4v) is 4.55. The van der Waals surface area contributed by atoms with Crippen LogP contribution in [0.5, 0.6) is 5.75 Å². The number of aliphatic carboxylic acids is 1. The number of primary amides is 1. The second-order valence-electron chi connectivity index (χ2n) is 8.19. The second kappa shape index (κ2) is 11.3. The van der Waals surface area contributed by atoms with Crippen molar-refractivity contribution in [2.75, 3.05) is 6.61 Å². The van der Waals surface area contributed by atoms with Crippen LogP contribution in [0.1, 0.15) is 22.3 Å². The number of carboxylic acids is 1. The SMILES string of the molecule is NC(=O)c1cccc2c1c1c(OCC(=O)N[C@@H](CC(=O)O)C(=O)O[IH+])cccc1n2Cc1ccccc1. The van der Waals surface area contributed by atoms with Gasteiger partial charge in [-0.2, -0.15) is 0 Å². The summed E-state index contributed by atoms with van der Waals surface area (Å²) in [4.78, 5) is 47.8. The smallest absolute Gasteiger partial charge is 0.483 e. The van der Waals surface area contributed by atoms with E-state index in [1.54, 1.807) is 24.3 Å². The number of fused-ring (bicyclic) bond motifs is 3. The van der Waals surface area contributed by atoms with Crippen molar-refractivity contribution < 1.29 is 55.1 Å². The first-order chi connectivity index (χ1) is 17.8. The minimum absolute atomic E-state index is 0.308. The number of hydrogen-bond donors (Lipinski definition) is 3. The van der Waals surface area contributed by atoms with Crippen LogP contribution in [0.2, 0.25) is 0 Å². The molecule has 0 unspecified atom stereocenters. The molecule has 4 aromatic rings. The minimum Gasteiger partial charge on any atom is -0.483 e. The number of nitrogens with two attached hydrogens (primary N) is 1. The van der Waals surface area contributed by atoms with E-state index in [-0.39, 0.29) is 0 Å². The summed E-state index contributed by atoms with van der Waals surface area (Å²) in [5, 5.41) is 12.5. The molecular formula is C26H23IN3O7+. The Bertz CT molecular complexity index is 1500. The molecule has 0 aliphatic carbocycles. The van der Waals surface area contributed by atoms with Crippen molar-refractivity contribution in [3.63, 3.8) is 0 Å². The van der Waals surface area contributed by atoms with E-state index in [9.17, 15) is 19.2 Å². The van der Waals surface area contributed by atoms with Gasteiger partial charge in [-0.05, 0) is 29.8 Å². The zero-order chi connectivity index (χ0) is 26.5. The lowest BCUT2D eigenvalue weighted by molar-refractivity contribution is -0.657. The van der Waals surface area contributed by atoms with Crippen LogP contribution in [0.3, 0.4) is 0 Å². The van der Waals surface area contributed by atoms with E-state index in [2.05, 4.69) is 8.38 Å². The Hall–Kier alpha value is -4.13. The lowest BCUT2D eigenvalue weighted by atomic mass is 10.1. The van der Waals surface area contributed by atoms with Crippen LogP contribution in [0.4, 0.5) is 0 Å². The average molecular weight is 616 g/mol. The molecule has 0 spiro atoms. The molecule has 37 heavy (non-hydrogen) atoms. The van der Waals surface area contributed by atoms with E-state index in [4.69, 9.17) is 15.6 Å². The highest BCUT2D eigenvalue weighted by Gasteiger charge is 2.28. The van der Waals surface area contributed by atoms with Crippen LogP contribution >= 0.6 is 0 Å². The van der Waals surface area contributed by atoms with Crippen LogP contribution in [0.25, 0.3) is 21.8 Å². The summed E-state index contributed by atoms with van der Waals surface area (Å²) in [6, 6.07) is 19.0. The number of hydrogen-bond acceptors (Lipinski definition) is 6. The monoisotopic (exact) mass is 616 g/mol. The highest BCUT2D eigenvalue weighted by atomic mass is 127. The van der Waals surface area contributed by atoms with Gasteiger partial charge < -0.3 is 25.5 Å². The highest BCUT2D eigenvalue weighted by Crippen LogP contribution is 2.38. The van der Waals surface area contributed by atoms with Crippen molar-refractivity contribution in [2.45, 2.75) is 19.0 Å². The maximum Gasteiger partial charge on any atom is 0.519 e. The number of nitrogens with one attached hydrogen (secondary N) is 1. The molecule has 0 radical (unpaired) electrons. The first kappa shape index (κ1) is 25.9. The van der Waals surface area contributed by atoms with Gasteiger partial charge in [0.1, 0.15) is 11.8 Å². The zero-order valence-electron chi connectivity index (χ0n) is 19.4. The summed E-state index contributed by atoms with van der Waals surface area (Å²) in [6.45, 7) is 0.0143. The molecule has 4 rings (SSSR count). The Balaban J connectivity index is 1.72. The van der Waals surface area contributed by atoms with Gasteiger partial charge in [0.05, 0.1) is 22.8 Å². The number of halogens is 1. The van der Waals surface area contributed by atoms with E-state index < -0.39 is 42.8 Å². The lowest BCUT2D eigenvalue weighted by Gasteiger charge is -2.13. The molecule has 0 fully saturated rings. The van der Waals surface area contributed by atoms with E-state index in [1.807, 2.05) is 47.0 Å². The molecule has 2 amide bonds. The number of amides is 2. The van der Waals surface area contributed by atoms with Crippen LogP contribution in [0.15, 0.2) is 66.7 Å². The predicted octanol–water partition coefficient (Wildman–Crippen LogP) is -0.976. The highest BCUT2D eigenvalue weighted by molar-refractivity contribution is 6.19. The summed E-state index contributed by atoms with van der Waals surface area (Å²) in [6.07, 6.45) is -0.634. The normalized spacial score (nSPS) is 11.7. The maximum absolute atomic E-state index is 12.5. The number of benzene rings is 3. The number of carboxylic acid groups (broad SMARTS) is 1. The topological polar surface area (TPSA) is 150 Å². The predicted molar refractivity (Wildman–Crippen MR) is 131 cm³/mol. The molecule has 0 saturated carbocycles. The quantitative estimate of drug-likeness (QED) is 0.194. The van der Waals surface area contributed by atoms with Crippen LogP contribution in [-0.4, -0.2) is 46.1 Å². The number of rotatable bonds is 10. The standard InChI is InChI=1S/C26H22IN3O7/c27-37-26(35)17(12-22(32)33)29-21(31)14-36-20-11-5-10-19-24(20)23-16(25(28)34)8-4-9-18(23)30(19)13-15-6-2-1-3-7-15/h1-11,17,27H,12-14H2,(H3-,28,29,31,32,33,34)/p+1/t17-/m0/s1. The molecule has 190 valence electrons. The van der Waals surface area contributed by atoms with Crippen LogP contribution in [-0.2, 0) is 24.0 Å². The van der Waals surface area contributed by atoms with Gasteiger partial charge in [-0.1, -0.05) is 42.5 Å². The number of ether oxygens (including phenoxy) is 1. The Morgan fingerprint density at radius 3 is 2.27 bits per heavy atom. The second-order valence-corrected chi connectivity index (χ2v) is 8.67. The lowest BCUT2D eigenvalue weighted by Crippen LogP contribution is -3.34. The zero-order valence-corrected chi connectivity index (χ0v) is 21.7. The van der Waals surface area contributed by atoms with Crippen molar-refractivity contribution in [1.82, 2.24) is 9.88 Å². The van der Waals surface area contributed by atoms with Crippen LogP contribution in [0, 0.1) is 0 Å². The molecule has 1 aromatic heterocycles. The molecule has 11 heteroatoms. The van der Waals surface area contributed by atoms with Crippen LogP contribution < -0.4 is 38.8 Å². The summed E-state index contributed by atoms with van der Waals surface area (Å²) >= 11 is 1.02. The fraction of sp³-hybridized carbons (Fsp3) is 0.154. The third kappa shape index (κ3) is 5.66. The van der Waals surface area contributed by atoms with Gasteiger partial charge in [-0.25, -0.2) is 7.86 Å². The molecule has 10 nitrogen and oxygen atoms in total. The molecule has 1 atom stereocenters. The molecular weight excluding hydrogens is 593 g/mol. The van der Waals surface area contributed by atoms with Gasteiger partial charge in [0.25, 0.3) is 5.91 Å². The first-order valence-corrected chi connectivity index (χ1v) is 12.1. The van der Waals surface area contributed by atoms with E-state index in [1.165, 1.54) is 0 Å². The van der Waals surface area contributed by atoms with Crippen molar-refractivity contribution >= 4 is 45.6 Å². The number of carbonyl (C=O) groups excluding carboxylic acids is 3. The summed E-state index contributed by atoms with van der Waals surface area (Å²) in [7, 11) is 0. The maximum atomic E-state index is 12.5. The molecule has 4 N–H and O–H groups in total. The molecule has 0 aliphatic rings. The number of carbonyl (C=O) groups is 4. The third-order valence-corrected chi connectivity index (χ3v) is 6.24. The summed E-state index contributed by atoms with van der Waals surface area (Å²) in [5.41, 5.74) is 8.58. The van der Waals surface area contributed by atoms with E-state index in [0.29, 0.717) is 28.6 Å². The Kier molecular flexibility index (Phi) is 7.92. The summed E-state index contributed by atoms with van der Waals surface area (Å²) in [5.74, 6) is -3.14. The van der Waals surface area contributed by atoms with E-state index >= 15 is 0 Å². The number of aromatic nitrogens is 1. The summed E-state index contributed by atoms with van der Waals surface area (Å²) < 4.78 is 12.4. The molecule has 0 aliphatic heterocycles. The Morgan fingerprint density at radius 1 is 0.946 bits per heavy atom. The number of nitrogens with zero attached hydrogens (tertiary/aromatic N) is 1. The fourth-order valence-electron chi connectivity index (χ4n) is 4.22. The van der Waals surface area contributed by atoms with Gasteiger partial charge in [-0.15, -0.1) is 0 Å². The Labute approximate surface area is 225 Å². The van der Waals surface area contributed by atoms with Gasteiger partial charge in [0, 0.05) is 17.5 Å². The average Bonchev–Trinajstić information content (AvgIpc) is 3.21. The molecule has 0 saturated heterocycles. The molecule has 0 bridgehead atoms. The van der Waals surface area contributed by atoms with Crippen molar-refractivity contribution in [2.24, 2.45) is 5.73 Å². The van der Waals surface area contributed by atoms with Crippen molar-refractivity contribution in [3.8, 4) is 5.75 Å². The Morgan fingerprint density at radius 2 is 1.62 bits per heavy atom. The van der Waals surface area contributed by atoms with Crippen molar-refractivity contribution in [1.29, 1.82) is 0 Å². The van der Waals surface area contributed by atoms with Gasteiger partial charge in [0.15, 0.2) is 6.61 Å². The van der Waals surface area contributed by atoms with Gasteiger partial charge >= 0.3 is 34.9 Å². The molecule has 3 aromatic carbocycles. The molecule has 1 heterocycles. The minimum atomic E-state index is -1.36.